The Kier molecular flexibility index (Phi) is 3.83. The number of hydrogen-bond donors (Lipinski definition) is 2. The van der Waals surface area contributed by atoms with Crippen molar-refractivity contribution in [3.8, 4) is 5.69 Å². The summed E-state index contributed by atoms with van der Waals surface area (Å²) in [5.74, 6) is 5.99. The molecule has 0 saturated heterocycles. The predicted octanol–water partition coefficient (Wildman–Crippen LogP) is 2.11. The molecule has 0 fully saturated rings. The quantitative estimate of drug-likeness (QED) is 0.563. The zero-order valence-corrected chi connectivity index (χ0v) is 12.7. The Balaban J connectivity index is 2.37. The first kappa shape index (κ1) is 13.9. The molecule has 2 aromatic carbocycles. The third-order valence-electron chi connectivity index (χ3n) is 3.17. The fourth-order valence-corrected chi connectivity index (χ4v) is 2.62. The standard InChI is InChI=1S/C15H13BrN4O/c16-10-6-7-13-12(8-10)15(21)20(14(19-13)9-18-17)11-4-2-1-3-5-11/h1-8,18H,9,17H2. The fraction of sp³-hybridized carbons (Fsp3) is 0.0667. The molecule has 5 nitrogen and oxygen atoms in total. The van der Waals surface area contributed by atoms with Gasteiger partial charge in [0.2, 0.25) is 0 Å². The Labute approximate surface area is 129 Å². The molecule has 0 spiro atoms. The van der Waals surface area contributed by atoms with Crippen molar-refractivity contribution in [2.24, 2.45) is 5.84 Å². The van der Waals surface area contributed by atoms with Crippen LogP contribution in [0.4, 0.5) is 0 Å². The van der Waals surface area contributed by atoms with Gasteiger partial charge in [-0.05, 0) is 30.3 Å². The zero-order chi connectivity index (χ0) is 14.8. The molecule has 1 aromatic heterocycles. The van der Waals surface area contributed by atoms with E-state index in [2.05, 4.69) is 26.3 Å². The minimum atomic E-state index is -0.113. The highest BCUT2D eigenvalue weighted by atomic mass is 79.9. The van der Waals surface area contributed by atoms with Gasteiger partial charge >= 0.3 is 0 Å². The van der Waals surface area contributed by atoms with Gasteiger partial charge < -0.3 is 0 Å². The van der Waals surface area contributed by atoms with Gasteiger partial charge in [-0.2, -0.15) is 0 Å². The van der Waals surface area contributed by atoms with Gasteiger partial charge in [-0.15, -0.1) is 0 Å². The molecule has 6 heteroatoms. The summed E-state index contributed by atoms with van der Waals surface area (Å²) in [5, 5.41) is 0.564. The largest absolute Gasteiger partial charge is 0.271 e. The van der Waals surface area contributed by atoms with Crippen molar-refractivity contribution in [2.75, 3.05) is 0 Å². The Bertz CT molecular complexity index is 845. The van der Waals surface area contributed by atoms with Gasteiger partial charge in [0.25, 0.3) is 5.56 Å². The summed E-state index contributed by atoms with van der Waals surface area (Å²) in [4.78, 5) is 17.4. The van der Waals surface area contributed by atoms with Crippen molar-refractivity contribution in [3.63, 3.8) is 0 Å². The molecule has 0 radical (unpaired) electrons. The summed E-state index contributed by atoms with van der Waals surface area (Å²) < 4.78 is 2.42. The van der Waals surface area contributed by atoms with E-state index in [0.717, 1.165) is 10.2 Å². The van der Waals surface area contributed by atoms with Gasteiger partial charge in [-0.1, -0.05) is 34.1 Å². The van der Waals surface area contributed by atoms with Crippen LogP contribution in [-0.2, 0) is 6.54 Å². The van der Waals surface area contributed by atoms with E-state index in [-0.39, 0.29) is 5.56 Å². The second-order valence-corrected chi connectivity index (χ2v) is 5.46. The Morgan fingerprint density at radius 1 is 1.19 bits per heavy atom. The van der Waals surface area contributed by atoms with Crippen LogP contribution in [-0.4, -0.2) is 9.55 Å². The van der Waals surface area contributed by atoms with Crippen molar-refractivity contribution >= 4 is 26.8 Å². The van der Waals surface area contributed by atoms with E-state index >= 15 is 0 Å². The van der Waals surface area contributed by atoms with Crippen LogP contribution in [0.5, 0.6) is 0 Å². The van der Waals surface area contributed by atoms with E-state index in [1.165, 1.54) is 0 Å². The van der Waals surface area contributed by atoms with Crippen LogP contribution in [0, 0.1) is 0 Å². The molecule has 3 aromatic rings. The molecule has 0 atom stereocenters. The summed E-state index contributed by atoms with van der Waals surface area (Å²) in [5.41, 5.74) is 3.87. The number of hydrazine groups is 1. The lowest BCUT2D eigenvalue weighted by Gasteiger charge is -2.13. The van der Waals surface area contributed by atoms with Crippen LogP contribution < -0.4 is 16.8 Å². The zero-order valence-electron chi connectivity index (χ0n) is 11.1. The molecule has 0 aliphatic carbocycles. The summed E-state index contributed by atoms with van der Waals surface area (Å²) in [6.07, 6.45) is 0. The van der Waals surface area contributed by atoms with Gasteiger partial charge in [-0.25, -0.2) is 4.98 Å². The first-order valence-electron chi connectivity index (χ1n) is 6.41. The second kappa shape index (κ2) is 5.77. The van der Waals surface area contributed by atoms with Gasteiger partial charge in [0.1, 0.15) is 5.82 Å². The smallest absolute Gasteiger partial charge is 0.266 e. The van der Waals surface area contributed by atoms with E-state index < -0.39 is 0 Å². The summed E-state index contributed by atoms with van der Waals surface area (Å²) in [7, 11) is 0. The lowest BCUT2D eigenvalue weighted by Crippen LogP contribution is -2.30. The van der Waals surface area contributed by atoms with Crippen molar-refractivity contribution in [2.45, 2.75) is 6.54 Å². The minimum Gasteiger partial charge on any atom is -0.271 e. The van der Waals surface area contributed by atoms with Crippen molar-refractivity contribution in [3.05, 3.63) is 69.2 Å². The van der Waals surface area contributed by atoms with Crippen LogP contribution in [0.2, 0.25) is 0 Å². The monoisotopic (exact) mass is 344 g/mol. The minimum absolute atomic E-state index is 0.113. The van der Waals surface area contributed by atoms with E-state index in [4.69, 9.17) is 5.84 Å². The average Bonchev–Trinajstić information content (AvgIpc) is 2.50. The SMILES string of the molecule is NNCc1nc2ccc(Br)cc2c(=O)n1-c1ccccc1. The Morgan fingerprint density at radius 3 is 2.67 bits per heavy atom. The molecule has 3 rings (SSSR count). The first-order valence-corrected chi connectivity index (χ1v) is 7.20. The number of nitrogens with zero attached hydrogens (tertiary/aromatic N) is 2. The molecule has 1 heterocycles. The summed E-state index contributed by atoms with van der Waals surface area (Å²) in [6, 6.07) is 14.9. The third kappa shape index (κ3) is 2.61. The molecular formula is C15H13BrN4O. The molecule has 0 aliphatic rings. The van der Waals surface area contributed by atoms with E-state index in [9.17, 15) is 4.79 Å². The Morgan fingerprint density at radius 2 is 1.95 bits per heavy atom. The molecule has 0 unspecified atom stereocenters. The van der Waals surface area contributed by atoms with Crippen LogP contribution in [0.15, 0.2) is 57.8 Å². The topological polar surface area (TPSA) is 72.9 Å². The van der Waals surface area contributed by atoms with Crippen LogP contribution in [0.25, 0.3) is 16.6 Å². The molecule has 0 bridgehead atoms. The third-order valence-corrected chi connectivity index (χ3v) is 3.67. The maximum Gasteiger partial charge on any atom is 0.266 e. The van der Waals surface area contributed by atoms with Crippen LogP contribution >= 0.6 is 15.9 Å². The summed E-state index contributed by atoms with van der Waals surface area (Å²) in [6.45, 7) is 0.302. The molecule has 0 amide bonds. The van der Waals surface area contributed by atoms with E-state index in [1.807, 2.05) is 42.5 Å². The van der Waals surface area contributed by atoms with Crippen LogP contribution in [0.1, 0.15) is 5.82 Å². The highest BCUT2D eigenvalue weighted by molar-refractivity contribution is 9.10. The number of halogens is 1. The van der Waals surface area contributed by atoms with E-state index in [1.54, 1.807) is 10.6 Å². The van der Waals surface area contributed by atoms with Gasteiger partial charge in [0.05, 0.1) is 23.1 Å². The number of fused-ring (bicyclic) bond motifs is 1. The number of para-hydroxylation sites is 1. The number of nitrogens with one attached hydrogen (secondary N) is 1. The number of aromatic nitrogens is 2. The fourth-order valence-electron chi connectivity index (χ4n) is 2.26. The van der Waals surface area contributed by atoms with Gasteiger partial charge in [0, 0.05) is 4.47 Å². The maximum atomic E-state index is 12.8. The maximum absolute atomic E-state index is 12.8. The van der Waals surface area contributed by atoms with Crippen molar-refractivity contribution < 1.29 is 0 Å². The van der Waals surface area contributed by atoms with Crippen molar-refractivity contribution in [1.82, 2.24) is 15.0 Å². The first-order chi connectivity index (χ1) is 10.2. The molecule has 21 heavy (non-hydrogen) atoms. The molecular weight excluding hydrogens is 332 g/mol. The number of benzene rings is 2. The van der Waals surface area contributed by atoms with Crippen LogP contribution in [0.3, 0.4) is 0 Å². The lowest BCUT2D eigenvalue weighted by atomic mass is 10.2. The van der Waals surface area contributed by atoms with E-state index in [0.29, 0.717) is 23.3 Å². The second-order valence-electron chi connectivity index (χ2n) is 4.55. The highest BCUT2D eigenvalue weighted by Crippen LogP contribution is 2.17. The molecule has 106 valence electrons. The molecule has 3 N–H and O–H groups in total. The lowest BCUT2D eigenvalue weighted by molar-refractivity contribution is 0.674. The number of nitrogens with two attached hydrogens (primary N) is 1. The highest BCUT2D eigenvalue weighted by Gasteiger charge is 2.12. The summed E-state index contributed by atoms with van der Waals surface area (Å²) >= 11 is 3.39. The van der Waals surface area contributed by atoms with Crippen molar-refractivity contribution in [1.29, 1.82) is 0 Å². The number of rotatable bonds is 3. The molecule has 0 saturated carbocycles. The number of hydrogen-bond acceptors (Lipinski definition) is 4. The average molecular weight is 345 g/mol. The van der Waals surface area contributed by atoms with Gasteiger partial charge in [-0.3, -0.25) is 20.6 Å². The van der Waals surface area contributed by atoms with Gasteiger partial charge in [0.15, 0.2) is 0 Å². The normalized spacial score (nSPS) is 11.0. The Hall–Kier alpha value is -2.02. The molecule has 0 aliphatic heterocycles. The predicted molar refractivity (Wildman–Crippen MR) is 86.1 cm³/mol.